The van der Waals surface area contributed by atoms with Gasteiger partial charge in [0.15, 0.2) is 5.13 Å². The molecule has 0 unspecified atom stereocenters. The zero-order valence-electron chi connectivity index (χ0n) is 8.86. The third-order valence-electron chi connectivity index (χ3n) is 1.65. The third kappa shape index (κ3) is 6.12. The van der Waals surface area contributed by atoms with Gasteiger partial charge in [-0.2, -0.15) is 0 Å². The molecule has 0 bridgehead atoms. The third-order valence-corrected chi connectivity index (χ3v) is 2.50. The van der Waals surface area contributed by atoms with Crippen molar-refractivity contribution in [3.05, 3.63) is 11.1 Å². The molecule has 0 saturated carbocycles. The topological polar surface area (TPSA) is 71.5 Å². The summed E-state index contributed by atoms with van der Waals surface area (Å²) in [5, 5.41) is 13.6. The highest BCUT2D eigenvalue weighted by atomic mass is 32.1. The summed E-state index contributed by atoms with van der Waals surface area (Å²) in [7, 11) is 0. The van der Waals surface area contributed by atoms with Crippen LogP contribution in [-0.4, -0.2) is 42.2 Å². The maximum atomic E-state index is 11.7. The maximum Gasteiger partial charge on any atom is 0.309 e. The van der Waals surface area contributed by atoms with Crippen LogP contribution in [0.1, 0.15) is 5.69 Å². The predicted octanol–water partition coefficient (Wildman–Crippen LogP) is 1.46. The Balaban J connectivity index is 2.18. The summed E-state index contributed by atoms with van der Waals surface area (Å²) < 4.78 is 28.1. The molecule has 0 saturated heterocycles. The molecule has 0 aromatic carbocycles. The van der Waals surface area contributed by atoms with Crippen molar-refractivity contribution in [1.29, 1.82) is 0 Å². The fraction of sp³-hybridized carbons (Fsp3) is 0.556. The normalized spacial score (nSPS) is 10.8. The number of ether oxygens (including phenoxy) is 1. The van der Waals surface area contributed by atoms with Crippen molar-refractivity contribution in [3.8, 4) is 0 Å². The number of nitrogens with one attached hydrogen (secondary N) is 1. The van der Waals surface area contributed by atoms with Crippen molar-refractivity contribution >= 4 is 22.4 Å². The maximum absolute atomic E-state index is 11.7. The van der Waals surface area contributed by atoms with Crippen LogP contribution in [0.3, 0.4) is 0 Å². The van der Waals surface area contributed by atoms with Crippen molar-refractivity contribution in [1.82, 2.24) is 4.98 Å². The second-order valence-electron chi connectivity index (χ2n) is 3.11. The molecule has 17 heavy (non-hydrogen) atoms. The molecule has 1 aromatic rings. The highest BCUT2D eigenvalue weighted by Gasteiger charge is 2.06. The van der Waals surface area contributed by atoms with E-state index in [-0.39, 0.29) is 13.0 Å². The molecule has 0 fully saturated rings. The van der Waals surface area contributed by atoms with Gasteiger partial charge in [0, 0.05) is 11.9 Å². The van der Waals surface area contributed by atoms with E-state index in [1.165, 1.54) is 11.3 Å². The second-order valence-corrected chi connectivity index (χ2v) is 3.97. The van der Waals surface area contributed by atoms with Gasteiger partial charge in [-0.15, -0.1) is 11.3 Å². The molecule has 5 nitrogen and oxygen atoms in total. The number of halogens is 2. The van der Waals surface area contributed by atoms with E-state index < -0.39 is 19.0 Å². The molecular weight excluding hydrogens is 254 g/mol. The standard InChI is InChI=1S/C9H12F2N2O3S/c10-7(11)4-16-2-1-12-9-13-6(5-17-9)3-8(14)15/h5,7H,1-4H2,(H,12,13)(H,14,15). The van der Waals surface area contributed by atoms with Gasteiger partial charge in [0.2, 0.25) is 0 Å². The highest BCUT2D eigenvalue weighted by Crippen LogP contribution is 2.15. The van der Waals surface area contributed by atoms with Gasteiger partial charge in [-0.1, -0.05) is 0 Å². The average Bonchev–Trinajstić information content (AvgIpc) is 2.63. The number of aliphatic carboxylic acids is 1. The van der Waals surface area contributed by atoms with Crippen molar-refractivity contribution in [2.24, 2.45) is 0 Å². The van der Waals surface area contributed by atoms with Crippen molar-refractivity contribution in [2.75, 3.05) is 25.1 Å². The number of aromatic nitrogens is 1. The monoisotopic (exact) mass is 266 g/mol. The molecule has 0 amide bonds. The predicted molar refractivity (Wildman–Crippen MR) is 58.8 cm³/mol. The van der Waals surface area contributed by atoms with Crippen LogP contribution in [0.15, 0.2) is 5.38 Å². The molecule has 0 aliphatic heterocycles. The fourth-order valence-electron chi connectivity index (χ4n) is 1.03. The quantitative estimate of drug-likeness (QED) is 0.697. The van der Waals surface area contributed by atoms with E-state index in [2.05, 4.69) is 15.0 Å². The zero-order valence-corrected chi connectivity index (χ0v) is 9.67. The number of carbonyl (C=O) groups is 1. The lowest BCUT2D eigenvalue weighted by Crippen LogP contribution is -2.13. The van der Waals surface area contributed by atoms with E-state index in [4.69, 9.17) is 5.11 Å². The van der Waals surface area contributed by atoms with Crippen LogP contribution in [0.5, 0.6) is 0 Å². The summed E-state index contributed by atoms with van der Waals surface area (Å²) in [6.07, 6.45) is -2.59. The molecule has 1 rings (SSSR count). The second kappa shape index (κ2) is 7.13. The molecule has 0 radical (unpaired) electrons. The first-order valence-corrected chi connectivity index (χ1v) is 5.72. The summed E-state index contributed by atoms with van der Waals surface area (Å²) in [5.41, 5.74) is 0.471. The summed E-state index contributed by atoms with van der Waals surface area (Å²) in [6.45, 7) is -0.0747. The van der Waals surface area contributed by atoms with Crippen molar-refractivity contribution in [3.63, 3.8) is 0 Å². The van der Waals surface area contributed by atoms with Crippen LogP contribution in [0.4, 0.5) is 13.9 Å². The van der Waals surface area contributed by atoms with Crippen LogP contribution in [0, 0.1) is 0 Å². The number of hydrogen-bond acceptors (Lipinski definition) is 5. The van der Waals surface area contributed by atoms with Gasteiger partial charge >= 0.3 is 5.97 Å². The fourth-order valence-corrected chi connectivity index (χ4v) is 1.77. The van der Waals surface area contributed by atoms with Crippen LogP contribution in [0.25, 0.3) is 0 Å². The van der Waals surface area contributed by atoms with E-state index in [1.54, 1.807) is 5.38 Å². The number of nitrogens with zero attached hydrogens (tertiary/aromatic N) is 1. The number of hydrogen-bond donors (Lipinski definition) is 2. The number of anilines is 1. The van der Waals surface area contributed by atoms with Gasteiger partial charge in [0.1, 0.15) is 6.61 Å². The van der Waals surface area contributed by atoms with E-state index in [9.17, 15) is 13.6 Å². The number of carboxylic acids is 1. The number of thiazole rings is 1. The molecule has 96 valence electrons. The Morgan fingerprint density at radius 2 is 2.41 bits per heavy atom. The lowest BCUT2D eigenvalue weighted by molar-refractivity contribution is -0.136. The van der Waals surface area contributed by atoms with Gasteiger partial charge in [0.05, 0.1) is 18.7 Å². The van der Waals surface area contributed by atoms with Crippen molar-refractivity contribution in [2.45, 2.75) is 12.8 Å². The summed E-state index contributed by atoms with van der Waals surface area (Å²) in [4.78, 5) is 14.4. The first-order chi connectivity index (χ1) is 8.08. The van der Waals surface area contributed by atoms with Crippen LogP contribution in [-0.2, 0) is 16.0 Å². The molecule has 8 heteroatoms. The molecule has 1 heterocycles. The van der Waals surface area contributed by atoms with E-state index in [0.717, 1.165) is 0 Å². The SMILES string of the molecule is O=C(O)Cc1csc(NCCOCC(F)F)n1. The van der Waals surface area contributed by atoms with Gasteiger partial charge in [-0.25, -0.2) is 13.8 Å². The van der Waals surface area contributed by atoms with E-state index in [0.29, 0.717) is 17.4 Å². The Hall–Kier alpha value is -1.28. The minimum atomic E-state index is -2.46. The minimum Gasteiger partial charge on any atom is -0.481 e. The zero-order chi connectivity index (χ0) is 12.7. The summed E-state index contributed by atoms with van der Waals surface area (Å²) in [5.74, 6) is -0.942. The number of carboxylic acid groups (broad SMARTS) is 1. The molecular formula is C9H12F2N2O3S. The average molecular weight is 266 g/mol. The first kappa shape index (κ1) is 13.8. The lowest BCUT2D eigenvalue weighted by Gasteiger charge is -2.03. The van der Waals surface area contributed by atoms with Gasteiger partial charge < -0.3 is 15.2 Å². The number of alkyl halides is 2. The molecule has 1 aromatic heterocycles. The summed E-state index contributed by atoms with van der Waals surface area (Å²) in [6, 6.07) is 0. The summed E-state index contributed by atoms with van der Waals surface area (Å²) >= 11 is 1.27. The van der Waals surface area contributed by atoms with Crippen molar-refractivity contribution < 1.29 is 23.4 Å². The molecule has 0 aliphatic rings. The smallest absolute Gasteiger partial charge is 0.309 e. The molecule has 0 aliphatic carbocycles. The van der Waals surface area contributed by atoms with Gasteiger partial charge in [-0.3, -0.25) is 4.79 Å². The Kier molecular flexibility index (Phi) is 5.78. The first-order valence-electron chi connectivity index (χ1n) is 4.84. The Labute approximate surface area is 100 Å². The number of rotatable bonds is 8. The molecule has 0 atom stereocenters. The largest absolute Gasteiger partial charge is 0.481 e. The van der Waals surface area contributed by atoms with E-state index in [1.807, 2.05) is 0 Å². The van der Waals surface area contributed by atoms with Crippen LogP contribution in [0.2, 0.25) is 0 Å². The Morgan fingerprint density at radius 1 is 1.65 bits per heavy atom. The van der Waals surface area contributed by atoms with Crippen LogP contribution < -0.4 is 5.32 Å². The molecule has 2 N–H and O–H groups in total. The minimum absolute atomic E-state index is 0.125. The van der Waals surface area contributed by atoms with E-state index >= 15 is 0 Å². The highest BCUT2D eigenvalue weighted by molar-refractivity contribution is 7.13. The Morgan fingerprint density at radius 3 is 3.06 bits per heavy atom. The van der Waals surface area contributed by atoms with Crippen LogP contribution >= 0.6 is 11.3 Å². The lowest BCUT2D eigenvalue weighted by atomic mass is 10.3. The Bertz CT molecular complexity index is 360. The van der Waals surface area contributed by atoms with Gasteiger partial charge in [-0.05, 0) is 0 Å². The molecule has 0 spiro atoms. The van der Waals surface area contributed by atoms with Gasteiger partial charge in [0.25, 0.3) is 6.43 Å².